The van der Waals surface area contributed by atoms with E-state index in [2.05, 4.69) is 14.7 Å². The lowest BCUT2D eigenvalue weighted by Gasteiger charge is -2.24. The van der Waals surface area contributed by atoms with Crippen LogP contribution in [0.25, 0.3) is 0 Å². The molecule has 0 atom stereocenters. The van der Waals surface area contributed by atoms with Crippen LogP contribution in [-0.2, 0) is 0 Å². The van der Waals surface area contributed by atoms with Gasteiger partial charge in [-0.15, -0.1) is 0 Å². The fraction of sp³-hybridized carbons (Fsp3) is 0.0769. The number of rotatable bonds is 1. The summed E-state index contributed by atoms with van der Waals surface area (Å²) in [4.78, 5) is 11.7. The maximum absolute atomic E-state index is 6.03. The van der Waals surface area contributed by atoms with Crippen molar-refractivity contribution >= 4 is 52.6 Å². The molecule has 0 spiro atoms. The molecule has 4 nitrogen and oxygen atoms in total. The van der Waals surface area contributed by atoms with E-state index >= 15 is 0 Å². The quantitative estimate of drug-likeness (QED) is 0.801. The average molecular weight is 325 g/mol. The zero-order valence-electron chi connectivity index (χ0n) is 10.5. The van der Waals surface area contributed by atoms with Gasteiger partial charge >= 0.3 is 0 Å². The van der Waals surface area contributed by atoms with Crippen LogP contribution < -0.4 is 9.62 Å². The highest BCUT2D eigenvalue weighted by molar-refractivity contribution is 7.98. The Morgan fingerprint density at radius 3 is 2.75 bits per heavy atom. The minimum Gasteiger partial charge on any atom is -0.299 e. The van der Waals surface area contributed by atoms with Crippen LogP contribution in [0.1, 0.15) is 0 Å². The molecule has 1 aliphatic rings. The Hall–Kier alpha value is -1.43. The summed E-state index contributed by atoms with van der Waals surface area (Å²) in [5.41, 5.74) is 0.793. The fourth-order valence-electron chi connectivity index (χ4n) is 1.73. The molecule has 0 amide bonds. The van der Waals surface area contributed by atoms with Crippen molar-refractivity contribution in [3.05, 3.63) is 46.6 Å². The Kier molecular flexibility index (Phi) is 3.74. The molecule has 2 heterocycles. The molecule has 0 bridgehead atoms. The Morgan fingerprint density at radius 2 is 2.00 bits per heavy atom. The maximum Gasteiger partial charge on any atom is 0.215 e. The van der Waals surface area contributed by atoms with Gasteiger partial charge in [0.2, 0.25) is 5.96 Å². The Balaban J connectivity index is 1.96. The molecule has 1 aromatic heterocycles. The van der Waals surface area contributed by atoms with Gasteiger partial charge in [0.1, 0.15) is 5.82 Å². The van der Waals surface area contributed by atoms with Gasteiger partial charge in [-0.3, -0.25) is 9.62 Å². The van der Waals surface area contributed by atoms with E-state index in [1.165, 1.54) is 11.9 Å². The lowest BCUT2D eigenvalue weighted by atomic mass is 10.3. The molecular formula is C13H10Cl2N4S. The van der Waals surface area contributed by atoms with E-state index in [1.54, 1.807) is 18.3 Å². The molecule has 0 aliphatic carbocycles. The van der Waals surface area contributed by atoms with E-state index < -0.39 is 0 Å². The van der Waals surface area contributed by atoms with Crippen LogP contribution >= 0.6 is 35.1 Å². The van der Waals surface area contributed by atoms with Gasteiger partial charge in [-0.05, 0) is 36.2 Å². The predicted octanol–water partition coefficient (Wildman–Crippen LogP) is 4.12. The number of benzene rings is 1. The van der Waals surface area contributed by atoms with E-state index in [4.69, 9.17) is 23.2 Å². The van der Waals surface area contributed by atoms with Crippen LogP contribution in [0.4, 0.5) is 11.5 Å². The van der Waals surface area contributed by atoms with Gasteiger partial charge in [0.15, 0.2) is 0 Å². The van der Waals surface area contributed by atoms with Gasteiger partial charge < -0.3 is 0 Å². The Labute approximate surface area is 131 Å². The number of nitrogens with zero attached hydrogens (tertiary/aromatic N) is 3. The minimum absolute atomic E-state index is 0.497. The molecule has 0 radical (unpaired) electrons. The number of aliphatic imine (C=N–C) groups is 1. The SMILES string of the molecule is CN(C1=Nc2cc(Cl)c(Cl)cc2SN1)c1ccccn1. The fourth-order valence-corrected chi connectivity index (χ4v) is 2.88. The topological polar surface area (TPSA) is 40.5 Å². The van der Waals surface area contributed by atoms with E-state index in [0.717, 1.165) is 16.4 Å². The van der Waals surface area contributed by atoms with Gasteiger partial charge in [0.05, 0.1) is 20.6 Å². The summed E-state index contributed by atoms with van der Waals surface area (Å²) >= 11 is 13.5. The molecule has 3 rings (SSSR count). The summed E-state index contributed by atoms with van der Waals surface area (Å²) in [5.74, 6) is 1.50. The van der Waals surface area contributed by atoms with Crippen molar-refractivity contribution in [2.75, 3.05) is 11.9 Å². The first-order valence-corrected chi connectivity index (χ1v) is 7.38. The van der Waals surface area contributed by atoms with Crippen LogP contribution in [0.2, 0.25) is 10.0 Å². The molecule has 102 valence electrons. The molecular weight excluding hydrogens is 315 g/mol. The molecule has 2 aromatic rings. The van der Waals surface area contributed by atoms with Gasteiger partial charge in [-0.2, -0.15) is 0 Å². The molecule has 20 heavy (non-hydrogen) atoms. The molecule has 1 aromatic carbocycles. The summed E-state index contributed by atoms with van der Waals surface area (Å²) in [6, 6.07) is 9.29. The van der Waals surface area contributed by atoms with E-state index in [9.17, 15) is 0 Å². The first-order valence-electron chi connectivity index (χ1n) is 5.80. The first kappa shape index (κ1) is 13.5. The number of halogens is 2. The third-order valence-electron chi connectivity index (χ3n) is 2.79. The van der Waals surface area contributed by atoms with Crippen LogP contribution in [0.5, 0.6) is 0 Å². The zero-order chi connectivity index (χ0) is 14.1. The van der Waals surface area contributed by atoms with E-state index in [0.29, 0.717) is 16.0 Å². The van der Waals surface area contributed by atoms with Crippen molar-refractivity contribution in [1.29, 1.82) is 0 Å². The Bertz CT molecular complexity index is 676. The smallest absolute Gasteiger partial charge is 0.215 e. The normalized spacial score (nSPS) is 13.2. The number of aromatic nitrogens is 1. The van der Waals surface area contributed by atoms with E-state index in [-0.39, 0.29) is 0 Å². The van der Waals surface area contributed by atoms with Gasteiger partial charge in [-0.25, -0.2) is 9.98 Å². The summed E-state index contributed by atoms with van der Waals surface area (Å²) in [5, 5.41) is 1.02. The van der Waals surface area contributed by atoms with Crippen molar-refractivity contribution in [3.8, 4) is 0 Å². The predicted molar refractivity (Wildman–Crippen MR) is 85.2 cm³/mol. The summed E-state index contributed by atoms with van der Waals surface area (Å²) < 4.78 is 3.17. The van der Waals surface area contributed by atoms with Gasteiger partial charge in [0, 0.05) is 13.2 Å². The van der Waals surface area contributed by atoms with Crippen LogP contribution in [0.3, 0.4) is 0 Å². The molecule has 0 saturated carbocycles. The second-order valence-corrected chi connectivity index (χ2v) is 5.78. The highest BCUT2D eigenvalue weighted by Crippen LogP contribution is 2.38. The summed E-state index contributed by atoms with van der Waals surface area (Å²) in [6.45, 7) is 0. The second kappa shape index (κ2) is 5.52. The molecule has 7 heteroatoms. The van der Waals surface area contributed by atoms with E-state index in [1.807, 2.05) is 30.1 Å². The number of anilines is 1. The first-order chi connectivity index (χ1) is 9.65. The van der Waals surface area contributed by atoms with Crippen molar-refractivity contribution in [2.24, 2.45) is 4.99 Å². The molecule has 1 aliphatic heterocycles. The molecule has 1 N–H and O–H groups in total. The van der Waals surface area contributed by atoms with Crippen molar-refractivity contribution < 1.29 is 0 Å². The third kappa shape index (κ3) is 2.57. The van der Waals surface area contributed by atoms with Crippen LogP contribution in [-0.4, -0.2) is 18.0 Å². The largest absolute Gasteiger partial charge is 0.299 e. The summed E-state index contributed by atoms with van der Waals surface area (Å²) in [6.07, 6.45) is 1.74. The number of hydrogen-bond donors (Lipinski definition) is 1. The molecule has 0 fully saturated rings. The second-order valence-electron chi connectivity index (χ2n) is 4.12. The number of hydrogen-bond acceptors (Lipinski definition) is 5. The zero-order valence-corrected chi connectivity index (χ0v) is 12.8. The Morgan fingerprint density at radius 1 is 1.20 bits per heavy atom. The highest BCUT2D eigenvalue weighted by atomic mass is 35.5. The molecule has 0 unspecified atom stereocenters. The number of nitrogens with one attached hydrogen (secondary N) is 1. The van der Waals surface area contributed by atoms with Crippen molar-refractivity contribution in [3.63, 3.8) is 0 Å². The van der Waals surface area contributed by atoms with Crippen molar-refractivity contribution in [1.82, 2.24) is 9.71 Å². The highest BCUT2D eigenvalue weighted by Gasteiger charge is 2.18. The number of fused-ring (bicyclic) bond motifs is 1. The summed E-state index contributed by atoms with van der Waals surface area (Å²) in [7, 11) is 1.90. The van der Waals surface area contributed by atoms with Gasteiger partial charge in [0.25, 0.3) is 0 Å². The maximum atomic E-state index is 6.03. The average Bonchev–Trinajstić information content (AvgIpc) is 2.48. The monoisotopic (exact) mass is 324 g/mol. The van der Waals surface area contributed by atoms with Gasteiger partial charge in [-0.1, -0.05) is 29.3 Å². The lowest BCUT2D eigenvalue weighted by molar-refractivity contribution is 1.11. The van der Waals surface area contributed by atoms with Crippen molar-refractivity contribution in [2.45, 2.75) is 4.90 Å². The minimum atomic E-state index is 0.497. The number of pyridine rings is 1. The molecule has 0 saturated heterocycles. The third-order valence-corrected chi connectivity index (χ3v) is 4.34. The number of guanidine groups is 1. The lowest BCUT2D eigenvalue weighted by Crippen LogP contribution is -2.36. The standard InChI is InChI=1S/C13H10Cl2N4S/c1-19(12-4-2-3-5-16-12)13-17-10-6-8(14)9(15)7-11(10)20-18-13/h2-7H,1H3,(H,17,18). The van der Waals surface area contributed by atoms with Crippen LogP contribution in [0, 0.1) is 0 Å². The van der Waals surface area contributed by atoms with Crippen LogP contribution in [0.15, 0.2) is 46.4 Å².